The summed E-state index contributed by atoms with van der Waals surface area (Å²) in [5.74, 6) is 0.739. The Hall–Kier alpha value is 0.660. The van der Waals surface area contributed by atoms with Gasteiger partial charge < -0.3 is 0 Å². The summed E-state index contributed by atoms with van der Waals surface area (Å²) in [6.07, 6.45) is 5.44. The average molecular weight is 324 g/mol. The van der Waals surface area contributed by atoms with E-state index in [0.29, 0.717) is 4.83 Å². The van der Waals surface area contributed by atoms with Crippen LogP contribution in [0.2, 0.25) is 0 Å². The zero-order valence-electron chi connectivity index (χ0n) is 7.30. The third-order valence-corrected chi connectivity index (χ3v) is 5.76. The fourth-order valence-corrected chi connectivity index (χ4v) is 4.85. The van der Waals surface area contributed by atoms with Crippen LogP contribution in [0.4, 0.5) is 0 Å². The van der Waals surface area contributed by atoms with E-state index in [4.69, 9.17) is 0 Å². The molecule has 0 bridgehead atoms. The molecule has 0 radical (unpaired) electrons. The molecule has 0 saturated heterocycles. The molecule has 1 aromatic heterocycles. The van der Waals surface area contributed by atoms with Crippen LogP contribution >= 0.6 is 43.2 Å². The summed E-state index contributed by atoms with van der Waals surface area (Å²) in [4.78, 5) is 2.22. The van der Waals surface area contributed by atoms with Crippen molar-refractivity contribution in [3.8, 4) is 0 Å². The first kappa shape index (κ1) is 10.2. The number of hydrogen-bond donors (Lipinski definition) is 0. The molecule has 1 aliphatic rings. The van der Waals surface area contributed by atoms with Crippen molar-refractivity contribution in [3.63, 3.8) is 0 Å². The molecule has 0 nitrogen and oxygen atoms in total. The first-order valence-corrected chi connectivity index (χ1v) is 7.25. The summed E-state index contributed by atoms with van der Waals surface area (Å²) < 4.78 is 1.30. The molecule has 1 aliphatic carbocycles. The SMILES string of the molecule is Brc1ccsc1C1CCCCC1Br. The van der Waals surface area contributed by atoms with Crippen LogP contribution in [0.25, 0.3) is 0 Å². The van der Waals surface area contributed by atoms with Crippen molar-refractivity contribution in [3.05, 3.63) is 20.8 Å². The highest BCUT2D eigenvalue weighted by Crippen LogP contribution is 2.42. The van der Waals surface area contributed by atoms with E-state index in [0.717, 1.165) is 5.92 Å². The minimum absolute atomic E-state index is 0.691. The van der Waals surface area contributed by atoms with Crippen LogP contribution in [0.1, 0.15) is 36.5 Å². The van der Waals surface area contributed by atoms with E-state index >= 15 is 0 Å². The van der Waals surface area contributed by atoms with Crippen LogP contribution in [0, 0.1) is 0 Å². The van der Waals surface area contributed by atoms with Crippen molar-refractivity contribution in [1.29, 1.82) is 0 Å². The van der Waals surface area contributed by atoms with Crippen molar-refractivity contribution in [2.24, 2.45) is 0 Å². The predicted molar refractivity (Wildman–Crippen MR) is 65.9 cm³/mol. The van der Waals surface area contributed by atoms with Crippen LogP contribution in [-0.4, -0.2) is 4.83 Å². The van der Waals surface area contributed by atoms with Crippen molar-refractivity contribution in [2.45, 2.75) is 36.4 Å². The molecule has 2 unspecified atom stereocenters. The topological polar surface area (TPSA) is 0 Å². The second-order valence-electron chi connectivity index (χ2n) is 3.54. The monoisotopic (exact) mass is 322 g/mol. The second-order valence-corrected chi connectivity index (χ2v) is 6.52. The van der Waals surface area contributed by atoms with Crippen LogP contribution < -0.4 is 0 Å². The highest BCUT2D eigenvalue weighted by Gasteiger charge is 2.26. The molecular weight excluding hydrogens is 312 g/mol. The molecule has 0 N–H and O–H groups in total. The molecule has 1 fully saturated rings. The molecule has 1 aromatic rings. The molecule has 2 atom stereocenters. The molecule has 0 amide bonds. The maximum Gasteiger partial charge on any atom is 0.0317 e. The zero-order valence-corrected chi connectivity index (χ0v) is 11.3. The van der Waals surface area contributed by atoms with Crippen molar-refractivity contribution in [2.75, 3.05) is 0 Å². The quantitative estimate of drug-likeness (QED) is 0.643. The minimum atomic E-state index is 0.691. The lowest BCUT2D eigenvalue weighted by Crippen LogP contribution is -2.16. The maximum absolute atomic E-state index is 3.80. The number of rotatable bonds is 1. The molecule has 72 valence electrons. The third kappa shape index (κ3) is 2.18. The van der Waals surface area contributed by atoms with Gasteiger partial charge in [0, 0.05) is 20.1 Å². The Morgan fingerprint density at radius 1 is 1.31 bits per heavy atom. The molecular formula is C10H12Br2S. The molecule has 3 heteroatoms. The van der Waals surface area contributed by atoms with Gasteiger partial charge in [-0.05, 0) is 40.2 Å². The van der Waals surface area contributed by atoms with Gasteiger partial charge in [-0.15, -0.1) is 11.3 Å². The van der Waals surface area contributed by atoms with E-state index in [1.807, 2.05) is 11.3 Å². The summed E-state index contributed by atoms with van der Waals surface area (Å²) in [6.45, 7) is 0. The second kappa shape index (κ2) is 4.45. The maximum atomic E-state index is 3.80. The summed E-state index contributed by atoms with van der Waals surface area (Å²) in [7, 11) is 0. The fraction of sp³-hybridized carbons (Fsp3) is 0.600. The fourth-order valence-electron chi connectivity index (χ4n) is 1.95. The number of hydrogen-bond acceptors (Lipinski definition) is 1. The van der Waals surface area contributed by atoms with Gasteiger partial charge in [-0.3, -0.25) is 0 Å². The summed E-state index contributed by atoms with van der Waals surface area (Å²) in [5.41, 5.74) is 0. The third-order valence-electron chi connectivity index (χ3n) is 2.66. The lowest BCUT2D eigenvalue weighted by Gasteiger charge is -2.26. The van der Waals surface area contributed by atoms with Gasteiger partial charge in [0.2, 0.25) is 0 Å². The molecule has 1 saturated carbocycles. The zero-order chi connectivity index (χ0) is 9.26. The van der Waals surface area contributed by atoms with Gasteiger partial charge in [0.1, 0.15) is 0 Å². The lowest BCUT2D eigenvalue weighted by molar-refractivity contribution is 0.465. The lowest BCUT2D eigenvalue weighted by atomic mass is 9.88. The van der Waals surface area contributed by atoms with Gasteiger partial charge in [0.15, 0.2) is 0 Å². The van der Waals surface area contributed by atoms with Crippen molar-refractivity contribution in [1.82, 2.24) is 0 Å². The Morgan fingerprint density at radius 3 is 2.69 bits per heavy atom. The highest BCUT2D eigenvalue weighted by atomic mass is 79.9. The molecule has 0 aliphatic heterocycles. The Balaban J connectivity index is 2.19. The molecule has 0 aromatic carbocycles. The van der Waals surface area contributed by atoms with Gasteiger partial charge in [-0.25, -0.2) is 0 Å². The van der Waals surface area contributed by atoms with Gasteiger partial charge in [0.05, 0.1) is 0 Å². The Kier molecular flexibility index (Phi) is 3.49. The highest BCUT2D eigenvalue weighted by molar-refractivity contribution is 9.10. The number of alkyl halides is 1. The largest absolute Gasteiger partial charge is 0.147 e. The van der Waals surface area contributed by atoms with E-state index in [9.17, 15) is 0 Å². The minimum Gasteiger partial charge on any atom is -0.147 e. The molecule has 0 spiro atoms. The van der Waals surface area contributed by atoms with E-state index < -0.39 is 0 Å². The van der Waals surface area contributed by atoms with Crippen molar-refractivity contribution >= 4 is 43.2 Å². The first-order chi connectivity index (χ1) is 6.29. The summed E-state index contributed by atoms with van der Waals surface area (Å²) in [6, 6.07) is 2.16. The average Bonchev–Trinajstić information content (AvgIpc) is 2.52. The first-order valence-electron chi connectivity index (χ1n) is 4.66. The normalized spacial score (nSPS) is 29.1. The summed E-state index contributed by atoms with van der Waals surface area (Å²) >= 11 is 9.30. The van der Waals surface area contributed by atoms with Gasteiger partial charge in [-0.2, -0.15) is 0 Å². The van der Waals surface area contributed by atoms with E-state index in [-0.39, 0.29) is 0 Å². The van der Waals surface area contributed by atoms with Crippen LogP contribution in [0.15, 0.2) is 15.9 Å². The van der Waals surface area contributed by atoms with Gasteiger partial charge in [-0.1, -0.05) is 28.8 Å². The predicted octanol–water partition coefficient (Wildman–Crippen LogP) is 4.93. The molecule has 13 heavy (non-hydrogen) atoms. The number of halogens is 2. The summed E-state index contributed by atoms with van der Waals surface area (Å²) in [5, 5.41) is 2.17. The van der Waals surface area contributed by atoms with Crippen LogP contribution in [0.5, 0.6) is 0 Å². The molecule has 2 rings (SSSR count). The van der Waals surface area contributed by atoms with Crippen molar-refractivity contribution < 1.29 is 0 Å². The standard InChI is InChI=1S/C10H12Br2S/c11-8-4-2-1-3-7(8)10-9(12)5-6-13-10/h5-8H,1-4H2. The van der Waals surface area contributed by atoms with Crippen LogP contribution in [0.3, 0.4) is 0 Å². The Morgan fingerprint density at radius 2 is 2.08 bits per heavy atom. The van der Waals surface area contributed by atoms with Gasteiger partial charge >= 0.3 is 0 Å². The van der Waals surface area contributed by atoms with E-state index in [1.165, 1.54) is 35.0 Å². The van der Waals surface area contributed by atoms with E-state index in [1.54, 1.807) is 0 Å². The number of thiophene rings is 1. The Bertz CT molecular complexity index is 282. The Labute approximate surface area is 100.0 Å². The molecule has 1 heterocycles. The van der Waals surface area contributed by atoms with E-state index in [2.05, 4.69) is 43.3 Å². The smallest absolute Gasteiger partial charge is 0.0317 e. The van der Waals surface area contributed by atoms with Crippen LogP contribution in [-0.2, 0) is 0 Å². The van der Waals surface area contributed by atoms with Gasteiger partial charge in [0.25, 0.3) is 0 Å².